The smallest absolute Gasteiger partial charge is 0.238 e. The van der Waals surface area contributed by atoms with Gasteiger partial charge in [-0.1, -0.05) is 6.07 Å². The summed E-state index contributed by atoms with van der Waals surface area (Å²) in [5.41, 5.74) is -0.371. The predicted octanol–water partition coefficient (Wildman–Crippen LogP) is 3.67. The number of benzene rings is 2. The van der Waals surface area contributed by atoms with Crippen molar-refractivity contribution in [1.29, 1.82) is 0 Å². The van der Waals surface area contributed by atoms with E-state index in [4.69, 9.17) is 0 Å². The maximum absolute atomic E-state index is 13.6. The van der Waals surface area contributed by atoms with Gasteiger partial charge in [0.1, 0.15) is 11.6 Å². The van der Waals surface area contributed by atoms with Crippen LogP contribution in [0.4, 0.5) is 27.6 Å². The molecule has 0 unspecified atom stereocenters. The van der Waals surface area contributed by atoms with Crippen LogP contribution >= 0.6 is 0 Å². The Balaban J connectivity index is 1.97. The first-order valence-electron chi connectivity index (χ1n) is 6.91. The van der Waals surface area contributed by atoms with E-state index in [1.165, 1.54) is 6.07 Å². The number of hydrogen-bond donors (Lipinski definition) is 2. The number of hydrogen-bond acceptors (Lipinski definition) is 2. The van der Waals surface area contributed by atoms with Gasteiger partial charge in [-0.25, -0.2) is 22.0 Å². The van der Waals surface area contributed by atoms with E-state index in [1.54, 1.807) is 6.92 Å². The summed E-state index contributed by atoms with van der Waals surface area (Å²) in [4.78, 5) is 11.7. The minimum Gasteiger partial charge on any atom is -0.322 e. The zero-order valence-electron chi connectivity index (χ0n) is 12.5. The van der Waals surface area contributed by atoms with Crippen LogP contribution in [0, 0.1) is 29.1 Å². The van der Waals surface area contributed by atoms with Gasteiger partial charge in [0.05, 0.1) is 12.2 Å². The molecule has 3 nitrogen and oxygen atoms in total. The van der Waals surface area contributed by atoms with Crippen molar-refractivity contribution in [1.82, 2.24) is 5.32 Å². The summed E-state index contributed by atoms with van der Waals surface area (Å²) in [7, 11) is 0. The average Bonchev–Trinajstić information content (AvgIpc) is 2.53. The molecule has 0 saturated carbocycles. The van der Waals surface area contributed by atoms with Crippen molar-refractivity contribution in [3.63, 3.8) is 0 Å². The Morgan fingerprint density at radius 2 is 1.71 bits per heavy atom. The topological polar surface area (TPSA) is 41.1 Å². The third-order valence-corrected chi connectivity index (χ3v) is 3.31. The van der Waals surface area contributed by atoms with Crippen molar-refractivity contribution in [2.24, 2.45) is 0 Å². The van der Waals surface area contributed by atoms with E-state index < -0.39 is 46.7 Å². The standard InChI is InChI=1S/C16H13F5N2O/c1-8(10-3-2-9(17)6-12(10)19)22-7-14(24)23-13-5-4-11(18)15(20)16(13)21/h2-6,8,22H,7H2,1H3,(H,23,24)/t8-/m1/s1. The second-order valence-electron chi connectivity index (χ2n) is 5.04. The molecule has 1 amide bonds. The molecule has 0 radical (unpaired) electrons. The molecular weight excluding hydrogens is 331 g/mol. The molecule has 0 aliphatic heterocycles. The van der Waals surface area contributed by atoms with Crippen molar-refractivity contribution in [3.05, 3.63) is 65.0 Å². The summed E-state index contributed by atoms with van der Waals surface area (Å²) in [6, 6.07) is 3.95. The molecule has 0 aliphatic rings. The highest BCUT2D eigenvalue weighted by Crippen LogP contribution is 2.20. The second-order valence-corrected chi connectivity index (χ2v) is 5.04. The molecule has 0 heterocycles. The third-order valence-electron chi connectivity index (χ3n) is 3.31. The lowest BCUT2D eigenvalue weighted by atomic mass is 10.1. The Labute approximate surface area is 134 Å². The van der Waals surface area contributed by atoms with Gasteiger partial charge in [0.25, 0.3) is 0 Å². The lowest BCUT2D eigenvalue weighted by Crippen LogP contribution is -2.30. The maximum atomic E-state index is 13.6. The van der Waals surface area contributed by atoms with Crippen LogP contribution in [0.25, 0.3) is 0 Å². The number of halogens is 5. The van der Waals surface area contributed by atoms with Gasteiger partial charge in [-0.05, 0) is 25.1 Å². The quantitative estimate of drug-likeness (QED) is 0.642. The minimum atomic E-state index is -1.69. The van der Waals surface area contributed by atoms with Crippen LogP contribution < -0.4 is 10.6 Å². The summed E-state index contributed by atoms with van der Waals surface area (Å²) in [6.07, 6.45) is 0. The van der Waals surface area contributed by atoms with E-state index in [0.29, 0.717) is 12.1 Å². The fraction of sp³-hybridized carbons (Fsp3) is 0.188. The fourth-order valence-corrected chi connectivity index (χ4v) is 2.03. The minimum absolute atomic E-state index is 0.142. The molecule has 1 atom stereocenters. The van der Waals surface area contributed by atoms with E-state index in [9.17, 15) is 26.7 Å². The van der Waals surface area contributed by atoms with E-state index in [1.807, 2.05) is 0 Å². The molecule has 2 rings (SSSR count). The number of amides is 1. The van der Waals surface area contributed by atoms with Gasteiger partial charge in [-0.2, -0.15) is 0 Å². The molecule has 24 heavy (non-hydrogen) atoms. The normalized spacial score (nSPS) is 12.1. The van der Waals surface area contributed by atoms with Crippen LogP contribution in [-0.4, -0.2) is 12.5 Å². The van der Waals surface area contributed by atoms with Gasteiger partial charge in [-0.3, -0.25) is 4.79 Å². The van der Waals surface area contributed by atoms with Gasteiger partial charge >= 0.3 is 0 Å². The van der Waals surface area contributed by atoms with Gasteiger partial charge in [0.2, 0.25) is 5.91 Å². The number of anilines is 1. The molecule has 2 aromatic rings. The van der Waals surface area contributed by atoms with Gasteiger partial charge in [0.15, 0.2) is 17.5 Å². The lowest BCUT2D eigenvalue weighted by molar-refractivity contribution is -0.115. The molecule has 0 saturated heterocycles. The van der Waals surface area contributed by atoms with Crippen LogP contribution in [0.15, 0.2) is 30.3 Å². The molecule has 0 aliphatic carbocycles. The Kier molecular flexibility index (Phi) is 5.50. The van der Waals surface area contributed by atoms with Crippen LogP contribution in [0.2, 0.25) is 0 Å². The van der Waals surface area contributed by atoms with E-state index in [2.05, 4.69) is 10.6 Å². The maximum Gasteiger partial charge on any atom is 0.238 e. The van der Waals surface area contributed by atoms with Crippen LogP contribution in [-0.2, 0) is 4.79 Å². The van der Waals surface area contributed by atoms with Crippen molar-refractivity contribution in [3.8, 4) is 0 Å². The van der Waals surface area contributed by atoms with Crippen molar-refractivity contribution >= 4 is 11.6 Å². The molecule has 0 bridgehead atoms. The lowest BCUT2D eigenvalue weighted by Gasteiger charge is -2.15. The van der Waals surface area contributed by atoms with Crippen molar-refractivity contribution in [2.75, 3.05) is 11.9 Å². The zero-order chi connectivity index (χ0) is 17.9. The van der Waals surface area contributed by atoms with E-state index in [-0.39, 0.29) is 12.1 Å². The molecule has 2 N–H and O–H groups in total. The fourth-order valence-electron chi connectivity index (χ4n) is 2.03. The zero-order valence-corrected chi connectivity index (χ0v) is 12.5. The highest BCUT2D eigenvalue weighted by molar-refractivity contribution is 5.92. The Hall–Kier alpha value is -2.48. The second kappa shape index (κ2) is 7.39. The Bertz CT molecular complexity index is 766. The molecule has 128 valence electrons. The summed E-state index contributed by atoms with van der Waals surface area (Å²) in [5, 5.41) is 4.73. The molecular formula is C16H13F5N2O. The third kappa shape index (κ3) is 4.08. The van der Waals surface area contributed by atoms with Crippen molar-refractivity contribution in [2.45, 2.75) is 13.0 Å². The van der Waals surface area contributed by atoms with Gasteiger partial charge in [0, 0.05) is 17.7 Å². The Morgan fingerprint density at radius 3 is 2.38 bits per heavy atom. The first kappa shape index (κ1) is 17.9. The first-order chi connectivity index (χ1) is 11.3. The Morgan fingerprint density at radius 1 is 1.00 bits per heavy atom. The largest absolute Gasteiger partial charge is 0.322 e. The van der Waals surface area contributed by atoms with E-state index in [0.717, 1.165) is 12.1 Å². The number of rotatable bonds is 5. The van der Waals surface area contributed by atoms with Crippen molar-refractivity contribution < 1.29 is 26.7 Å². The first-order valence-corrected chi connectivity index (χ1v) is 6.91. The van der Waals surface area contributed by atoms with Crippen LogP contribution in [0.5, 0.6) is 0 Å². The van der Waals surface area contributed by atoms with E-state index >= 15 is 0 Å². The molecule has 0 spiro atoms. The molecule has 2 aromatic carbocycles. The van der Waals surface area contributed by atoms with Gasteiger partial charge < -0.3 is 10.6 Å². The van der Waals surface area contributed by atoms with Gasteiger partial charge in [-0.15, -0.1) is 0 Å². The summed E-state index contributed by atoms with van der Waals surface area (Å²) in [5.74, 6) is -6.82. The predicted molar refractivity (Wildman–Crippen MR) is 77.7 cm³/mol. The summed E-state index contributed by atoms with van der Waals surface area (Å²) in [6.45, 7) is 1.19. The SMILES string of the molecule is C[C@@H](NCC(=O)Nc1ccc(F)c(F)c1F)c1ccc(F)cc1F. The molecule has 0 fully saturated rings. The summed E-state index contributed by atoms with van der Waals surface area (Å²) < 4.78 is 65.8. The highest BCUT2D eigenvalue weighted by Gasteiger charge is 2.16. The summed E-state index contributed by atoms with van der Waals surface area (Å²) >= 11 is 0. The van der Waals surface area contributed by atoms with Crippen LogP contribution in [0.3, 0.4) is 0 Å². The number of carbonyl (C=O) groups is 1. The highest BCUT2D eigenvalue weighted by atomic mass is 19.2. The molecule has 8 heteroatoms. The number of nitrogens with one attached hydrogen (secondary N) is 2. The number of carbonyl (C=O) groups excluding carboxylic acids is 1. The average molecular weight is 344 g/mol. The molecule has 0 aromatic heterocycles. The van der Waals surface area contributed by atoms with Crippen LogP contribution in [0.1, 0.15) is 18.5 Å². The monoisotopic (exact) mass is 344 g/mol.